The van der Waals surface area contributed by atoms with E-state index in [1.54, 1.807) is 16.8 Å². The van der Waals surface area contributed by atoms with Gasteiger partial charge in [0.1, 0.15) is 5.56 Å². The van der Waals surface area contributed by atoms with Gasteiger partial charge in [-0.15, -0.1) is 0 Å². The summed E-state index contributed by atoms with van der Waals surface area (Å²) in [5, 5.41) is 11.8. The first kappa shape index (κ1) is 21.6. The van der Waals surface area contributed by atoms with Crippen LogP contribution in [0.2, 0.25) is 0 Å². The van der Waals surface area contributed by atoms with Crippen LogP contribution in [0.25, 0.3) is 0 Å². The Morgan fingerprint density at radius 1 is 1.17 bits per heavy atom. The molecular formula is C17H28BrN2O3+. The smallest absolute Gasteiger partial charge is 0.341 e. The topological polar surface area (TPSA) is 70.3 Å². The standard InChI is InChI=1S/C16H24N2O3.CH3Br/c1-2-3-4-5-6-7-10-17-15(19)13-18-11-8-9-14(12-18)16(20)21;1-2/h8-9,11-12H,2-7,10,13H2,1H3,(H-,17,19,20,21);1H3/p+1. The molecule has 1 aromatic heterocycles. The van der Waals surface area contributed by atoms with Crippen molar-refractivity contribution in [1.82, 2.24) is 5.32 Å². The first-order valence-electron chi connectivity index (χ1n) is 8.00. The van der Waals surface area contributed by atoms with E-state index in [1.165, 1.54) is 37.9 Å². The van der Waals surface area contributed by atoms with Crippen LogP contribution in [-0.2, 0) is 11.3 Å². The minimum atomic E-state index is -0.989. The molecule has 0 saturated heterocycles. The van der Waals surface area contributed by atoms with Crippen LogP contribution in [0.3, 0.4) is 0 Å². The van der Waals surface area contributed by atoms with Gasteiger partial charge in [0.2, 0.25) is 6.54 Å². The van der Waals surface area contributed by atoms with Crippen molar-refractivity contribution in [3.63, 3.8) is 0 Å². The number of halogens is 1. The molecule has 5 nitrogen and oxygen atoms in total. The molecule has 6 heteroatoms. The summed E-state index contributed by atoms with van der Waals surface area (Å²) in [5.74, 6) is 0.737. The van der Waals surface area contributed by atoms with Gasteiger partial charge in [-0.1, -0.05) is 55.0 Å². The molecule has 0 saturated carbocycles. The monoisotopic (exact) mass is 387 g/mol. The number of nitrogens with zero attached hydrogens (tertiary/aromatic N) is 1. The van der Waals surface area contributed by atoms with E-state index < -0.39 is 5.97 Å². The number of carbonyl (C=O) groups excluding carboxylic acids is 1. The Hall–Kier alpha value is -1.43. The molecule has 0 fully saturated rings. The second kappa shape index (κ2) is 14.2. The lowest BCUT2D eigenvalue weighted by molar-refractivity contribution is -0.684. The second-order valence-corrected chi connectivity index (χ2v) is 5.19. The zero-order valence-corrected chi connectivity index (χ0v) is 15.6. The first-order chi connectivity index (χ1) is 11.1. The fraction of sp³-hybridized carbons (Fsp3) is 0.588. The van der Waals surface area contributed by atoms with E-state index in [9.17, 15) is 9.59 Å². The van der Waals surface area contributed by atoms with Crippen molar-refractivity contribution in [2.75, 3.05) is 12.4 Å². The summed E-state index contributed by atoms with van der Waals surface area (Å²) >= 11 is 2.94. The largest absolute Gasteiger partial charge is 0.477 e. The van der Waals surface area contributed by atoms with E-state index in [1.807, 2.05) is 5.83 Å². The minimum absolute atomic E-state index is 0.0869. The number of pyridine rings is 1. The first-order valence-corrected chi connectivity index (χ1v) is 9.59. The molecule has 2 N–H and O–H groups in total. The lowest BCUT2D eigenvalue weighted by atomic mass is 10.1. The van der Waals surface area contributed by atoms with Gasteiger partial charge in [0, 0.05) is 12.6 Å². The number of hydrogen-bond donors (Lipinski definition) is 2. The third kappa shape index (κ3) is 10.8. The van der Waals surface area contributed by atoms with Crippen molar-refractivity contribution in [3.05, 3.63) is 30.1 Å². The highest BCUT2D eigenvalue weighted by atomic mass is 79.9. The number of rotatable bonds is 10. The molecule has 1 heterocycles. The van der Waals surface area contributed by atoms with E-state index in [4.69, 9.17) is 5.11 Å². The highest BCUT2D eigenvalue weighted by Crippen LogP contribution is 2.03. The lowest BCUT2D eigenvalue weighted by Gasteiger charge is -2.03. The van der Waals surface area contributed by atoms with Gasteiger partial charge in [-0.05, 0) is 18.3 Å². The van der Waals surface area contributed by atoms with Crippen LogP contribution in [-0.4, -0.2) is 29.4 Å². The van der Waals surface area contributed by atoms with Crippen LogP contribution in [0.1, 0.15) is 55.8 Å². The number of alkyl halides is 1. The highest BCUT2D eigenvalue weighted by molar-refractivity contribution is 9.08. The summed E-state index contributed by atoms with van der Waals surface area (Å²) in [4.78, 5) is 22.6. The molecule has 1 rings (SSSR count). The van der Waals surface area contributed by atoms with E-state index in [2.05, 4.69) is 28.2 Å². The minimum Gasteiger partial charge on any atom is -0.477 e. The molecule has 0 aliphatic heterocycles. The van der Waals surface area contributed by atoms with Crippen LogP contribution in [0.15, 0.2) is 24.5 Å². The van der Waals surface area contributed by atoms with Crippen molar-refractivity contribution in [2.24, 2.45) is 0 Å². The third-order valence-electron chi connectivity index (χ3n) is 3.28. The van der Waals surface area contributed by atoms with Crippen molar-refractivity contribution in [3.8, 4) is 0 Å². The Kier molecular flexibility index (Phi) is 13.3. The van der Waals surface area contributed by atoms with Gasteiger partial charge >= 0.3 is 5.97 Å². The molecule has 0 bridgehead atoms. The van der Waals surface area contributed by atoms with Crippen LogP contribution >= 0.6 is 15.9 Å². The zero-order valence-electron chi connectivity index (χ0n) is 14.1. The van der Waals surface area contributed by atoms with Gasteiger partial charge in [-0.2, -0.15) is 4.57 Å². The number of unbranched alkanes of at least 4 members (excludes halogenated alkanes) is 5. The molecule has 0 aromatic carbocycles. The average Bonchev–Trinajstić information content (AvgIpc) is 2.56. The summed E-state index contributed by atoms with van der Waals surface area (Å²) in [6, 6.07) is 3.14. The van der Waals surface area contributed by atoms with Gasteiger partial charge in [0.05, 0.1) is 0 Å². The van der Waals surface area contributed by atoms with E-state index in [0.29, 0.717) is 6.54 Å². The molecule has 0 spiro atoms. The second-order valence-electron chi connectivity index (χ2n) is 5.19. The number of carbonyl (C=O) groups is 2. The summed E-state index contributed by atoms with van der Waals surface area (Å²) in [6.07, 6.45) is 10.3. The maximum atomic E-state index is 11.7. The summed E-state index contributed by atoms with van der Waals surface area (Å²) in [5.41, 5.74) is 0.182. The maximum absolute atomic E-state index is 11.7. The van der Waals surface area contributed by atoms with E-state index in [0.717, 1.165) is 12.8 Å². The van der Waals surface area contributed by atoms with Crippen LogP contribution < -0.4 is 9.88 Å². The average molecular weight is 388 g/mol. The molecule has 23 heavy (non-hydrogen) atoms. The Labute approximate surface area is 147 Å². The normalized spacial score (nSPS) is 9.70. The Morgan fingerprint density at radius 2 is 1.83 bits per heavy atom. The molecule has 0 unspecified atom stereocenters. The number of hydrogen-bond acceptors (Lipinski definition) is 2. The number of aromatic nitrogens is 1. The van der Waals surface area contributed by atoms with Crippen LogP contribution in [0.4, 0.5) is 0 Å². The molecule has 0 atom stereocenters. The maximum Gasteiger partial charge on any atom is 0.341 e. The number of nitrogens with one attached hydrogen (secondary N) is 1. The van der Waals surface area contributed by atoms with E-state index in [-0.39, 0.29) is 18.0 Å². The lowest BCUT2D eigenvalue weighted by Crippen LogP contribution is -2.43. The Morgan fingerprint density at radius 3 is 2.48 bits per heavy atom. The zero-order chi connectivity index (χ0) is 17.5. The van der Waals surface area contributed by atoms with Gasteiger partial charge < -0.3 is 10.4 Å². The van der Waals surface area contributed by atoms with Crippen molar-refractivity contribution < 1.29 is 19.3 Å². The summed E-state index contributed by atoms with van der Waals surface area (Å²) in [7, 11) is 0. The Balaban J connectivity index is 0.00000232. The fourth-order valence-corrected chi connectivity index (χ4v) is 2.10. The third-order valence-corrected chi connectivity index (χ3v) is 3.28. The molecule has 0 aliphatic carbocycles. The molecule has 130 valence electrons. The molecule has 1 aromatic rings. The van der Waals surface area contributed by atoms with Gasteiger partial charge in [-0.25, -0.2) is 4.79 Å². The van der Waals surface area contributed by atoms with Crippen LogP contribution in [0, 0.1) is 0 Å². The summed E-state index contributed by atoms with van der Waals surface area (Å²) < 4.78 is 1.58. The summed E-state index contributed by atoms with van der Waals surface area (Å²) in [6.45, 7) is 3.03. The molecule has 1 amide bonds. The van der Waals surface area contributed by atoms with E-state index >= 15 is 0 Å². The van der Waals surface area contributed by atoms with Gasteiger partial charge in [0.15, 0.2) is 12.4 Å². The molecular weight excluding hydrogens is 360 g/mol. The fourth-order valence-electron chi connectivity index (χ4n) is 2.10. The molecule has 0 aliphatic rings. The molecule has 0 radical (unpaired) electrons. The number of carboxylic acids is 1. The SMILES string of the molecule is CBr.CCCCCCCCNC(=O)C[n+]1cccc(C(=O)O)c1. The quantitative estimate of drug-likeness (QED) is 0.368. The predicted molar refractivity (Wildman–Crippen MR) is 94.8 cm³/mol. The van der Waals surface area contributed by atoms with Crippen molar-refractivity contribution >= 4 is 27.8 Å². The van der Waals surface area contributed by atoms with Crippen LogP contribution in [0.5, 0.6) is 0 Å². The van der Waals surface area contributed by atoms with Crippen molar-refractivity contribution in [1.29, 1.82) is 0 Å². The predicted octanol–water partition coefficient (Wildman–Crippen LogP) is 3.16. The number of aromatic carboxylic acids is 1. The number of amides is 1. The highest BCUT2D eigenvalue weighted by Gasteiger charge is 2.12. The van der Waals surface area contributed by atoms with Gasteiger partial charge in [0.25, 0.3) is 5.91 Å². The number of carboxylic acid groups (broad SMARTS) is 1. The van der Waals surface area contributed by atoms with Gasteiger partial charge in [-0.3, -0.25) is 4.79 Å². The Bertz CT molecular complexity index is 467. The van der Waals surface area contributed by atoms with Crippen molar-refractivity contribution in [2.45, 2.75) is 52.0 Å².